The molecular weight excluding hydrogens is 334 g/mol. The van der Waals surface area contributed by atoms with E-state index in [0.29, 0.717) is 0 Å². The van der Waals surface area contributed by atoms with E-state index in [2.05, 4.69) is 19.9 Å². The van der Waals surface area contributed by atoms with Gasteiger partial charge >= 0.3 is 5.97 Å². The van der Waals surface area contributed by atoms with Crippen LogP contribution < -0.4 is 0 Å². The summed E-state index contributed by atoms with van der Waals surface area (Å²) in [6.07, 6.45) is 17.8. The van der Waals surface area contributed by atoms with E-state index >= 15 is 0 Å². The molecule has 3 heteroatoms. The second-order valence-corrected chi connectivity index (χ2v) is 9.20. The van der Waals surface area contributed by atoms with E-state index in [9.17, 15) is 10.1 Å². The molecule has 0 spiro atoms. The van der Waals surface area contributed by atoms with Gasteiger partial charge in [0.25, 0.3) is 0 Å². The molecule has 2 saturated carbocycles. The molecule has 0 unspecified atom stereocenters. The molecule has 0 atom stereocenters. The first-order valence-electron chi connectivity index (χ1n) is 11.7. The van der Waals surface area contributed by atoms with Gasteiger partial charge in [0.1, 0.15) is 6.10 Å². The lowest BCUT2D eigenvalue weighted by Crippen LogP contribution is -2.33. The zero-order valence-electron chi connectivity index (χ0n) is 17.8. The van der Waals surface area contributed by atoms with E-state index in [1.807, 2.05) is 0 Å². The Bertz CT molecular complexity index is 465. The first-order chi connectivity index (χ1) is 13.1. The molecule has 2 aliphatic rings. The van der Waals surface area contributed by atoms with Gasteiger partial charge in [-0.05, 0) is 63.7 Å². The lowest BCUT2D eigenvalue weighted by Gasteiger charge is -2.35. The summed E-state index contributed by atoms with van der Waals surface area (Å²) >= 11 is 0. The molecule has 0 radical (unpaired) electrons. The quantitative estimate of drug-likeness (QED) is 0.306. The number of nitrogens with zero attached hydrogens (tertiary/aromatic N) is 1. The van der Waals surface area contributed by atoms with Gasteiger partial charge < -0.3 is 4.74 Å². The Morgan fingerprint density at radius 2 is 1.63 bits per heavy atom. The highest BCUT2D eigenvalue weighted by Gasteiger charge is 2.37. The minimum atomic E-state index is -0.159. The van der Waals surface area contributed by atoms with Crippen LogP contribution in [0.25, 0.3) is 0 Å². The predicted molar refractivity (Wildman–Crippen MR) is 110 cm³/mol. The van der Waals surface area contributed by atoms with Crippen molar-refractivity contribution in [2.45, 2.75) is 123 Å². The van der Waals surface area contributed by atoms with Crippen molar-refractivity contribution in [3.05, 3.63) is 0 Å². The summed E-state index contributed by atoms with van der Waals surface area (Å²) < 4.78 is 5.87. The zero-order valence-corrected chi connectivity index (χ0v) is 17.8. The Hall–Kier alpha value is -1.04. The molecule has 0 aromatic heterocycles. The van der Waals surface area contributed by atoms with Crippen molar-refractivity contribution in [1.29, 1.82) is 5.26 Å². The van der Waals surface area contributed by atoms with Gasteiger partial charge in [-0.25, -0.2) is 0 Å². The van der Waals surface area contributed by atoms with Gasteiger partial charge in [-0.2, -0.15) is 5.26 Å². The third-order valence-electron chi connectivity index (χ3n) is 7.05. The van der Waals surface area contributed by atoms with Gasteiger partial charge in [0, 0.05) is 0 Å². The van der Waals surface area contributed by atoms with Crippen molar-refractivity contribution in [3.8, 4) is 6.07 Å². The van der Waals surface area contributed by atoms with E-state index in [1.54, 1.807) is 0 Å². The molecule has 0 N–H and O–H groups in total. The average molecular weight is 376 g/mol. The molecule has 3 nitrogen and oxygen atoms in total. The molecule has 2 rings (SSSR count). The molecule has 154 valence electrons. The third kappa shape index (κ3) is 7.13. The van der Waals surface area contributed by atoms with Crippen molar-refractivity contribution in [3.63, 3.8) is 0 Å². The molecule has 0 aromatic rings. The van der Waals surface area contributed by atoms with Gasteiger partial charge in [-0.15, -0.1) is 0 Å². The smallest absolute Gasteiger partial charge is 0.309 e. The topological polar surface area (TPSA) is 50.1 Å². The fourth-order valence-electron chi connectivity index (χ4n) is 5.10. The summed E-state index contributed by atoms with van der Waals surface area (Å²) in [6.45, 7) is 4.48. The number of rotatable bonds is 10. The maximum absolute atomic E-state index is 12.5. The van der Waals surface area contributed by atoms with Crippen molar-refractivity contribution in [2.75, 3.05) is 0 Å². The number of hydrogen-bond donors (Lipinski definition) is 0. The van der Waals surface area contributed by atoms with Gasteiger partial charge in [0.15, 0.2) is 0 Å². The van der Waals surface area contributed by atoms with Gasteiger partial charge in [0.2, 0.25) is 0 Å². The van der Waals surface area contributed by atoms with Gasteiger partial charge in [0.05, 0.1) is 17.4 Å². The van der Waals surface area contributed by atoms with Crippen LogP contribution in [0, 0.1) is 28.6 Å². The van der Waals surface area contributed by atoms with Crippen LogP contribution in [-0.2, 0) is 9.53 Å². The second kappa shape index (κ2) is 11.7. The Labute approximate surface area is 167 Å². The first-order valence-corrected chi connectivity index (χ1v) is 11.7. The number of carbonyl (C=O) groups is 1. The highest BCUT2D eigenvalue weighted by molar-refractivity contribution is 5.72. The Kier molecular flexibility index (Phi) is 9.66. The summed E-state index contributed by atoms with van der Waals surface area (Å²) in [5, 5.41) is 9.73. The highest BCUT2D eigenvalue weighted by atomic mass is 16.5. The van der Waals surface area contributed by atoms with Crippen molar-refractivity contribution in [1.82, 2.24) is 0 Å². The van der Waals surface area contributed by atoms with E-state index in [-0.39, 0.29) is 23.4 Å². The first kappa shape index (κ1) is 22.3. The number of nitriles is 1. The van der Waals surface area contributed by atoms with Crippen LogP contribution >= 0.6 is 0 Å². The number of hydrogen-bond acceptors (Lipinski definition) is 3. The van der Waals surface area contributed by atoms with Gasteiger partial charge in [-0.3, -0.25) is 4.79 Å². The average Bonchev–Trinajstić information content (AvgIpc) is 2.70. The fraction of sp³-hybridized carbons (Fsp3) is 0.917. The van der Waals surface area contributed by atoms with Crippen LogP contribution in [0.5, 0.6) is 0 Å². The van der Waals surface area contributed by atoms with Crippen LogP contribution in [-0.4, -0.2) is 12.1 Å². The van der Waals surface area contributed by atoms with E-state index in [4.69, 9.17) is 4.74 Å². The minimum Gasteiger partial charge on any atom is -0.462 e. The van der Waals surface area contributed by atoms with Gasteiger partial charge in [-0.1, -0.05) is 58.8 Å². The molecule has 2 fully saturated rings. The van der Waals surface area contributed by atoms with Crippen LogP contribution in [0.3, 0.4) is 0 Å². The lowest BCUT2D eigenvalue weighted by atomic mass is 9.71. The predicted octanol–water partition coefficient (Wildman–Crippen LogP) is 6.95. The summed E-state index contributed by atoms with van der Waals surface area (Å²) in [6, 6.07) is 2.62. The minimum absolute atomic E-state index is 0.0407. The van der Waals surface area contributed by atoms with Crippen LogP contribution in [0.15, 0.2) is 0 Å². The molecule has 27 heavy (non-hydrogen) atoms. The molecule has 0 amide bonds. The molecule has 0 bridgehead atoms. The largest absolute Gasteiger partial charge is 0.462 e. The van der Waals surface area contributed by atoms with Crippen LogP contribution in [0.1, 0.15) is 117 Å². The monoisotopic (exact) mass is 375 g/mol. The van der Waals surface area contributed by atoms with Crippen molar-refractivity contribution >= 4 is 5.97 Å². The number of esters is 1. The van der Waals surface area contributed by atoms with E-state index < -0.39 is 0 Å². The third-order valence-corrected chi connectivity index (χ3v) is 7.05. The SMILES string of the molecule is CCCCCCC[C@]1(C#N)CC[C@@H](OC(=O)[C@H]2CC[C@H](CCC)CC2)CC1. The Balaban J connectivity index is 1.68. The summed E-state index contributed by atoms with van der Waals surface area (Å²) in [4.78, 5) is 12.5. The number of carbonyl (C=O) groups excluding carboxylic acids is 1. The Morgan fingerprint density at radius 1 is 0.963 bits per heavy atom. The van der Waals surface area contributed by atoms with Crippen molar-refractivity contribution in [2.24, 2.45) is 17.3 Å². The van der Waals surface area contributed by atoms with E-state index in [1.165, 1.54) is 57.8 Å². The summed E-state index contributed by atoms with van der Waals surface area (Å²) in [5.74, 6) is 0.987. The molecule has 0 aliphatic heterocycles. The second-order valence-electron chi connectivity index (χ2n) is 9.20. The molecule has 0 aromatic carbocycles. The zero-order chi connectivity index (χ0) is 19.5. The summed E-state index contributed by atoms with van der Waals surface area (Å²) in [7, 11) is 0. The standard InChI is InChI=1S/C24H41NO2/c1-3-5-6-7-8-16-24(19-25)17-14-22(15-18-24)27-23(26)21-12-10-20(9-4-2)11-13-21/h20-22H,3-18H2,1-2H3/t20-,21-,22-,24+. The molecular formula is C24H41NO2. The maximum Gasteiger partial charge on any atom is 0.309 e. The fourth-order valence-corrected chi connectivity index (χ4v) is 5.10. The normalized spacial score (nSPS) is 31.2. The molecule has 2 aliphatic carbocycles. The highest BCUT2D eigenvalue weighted by Crippen LogP contribution is 2.41. The van der Waals surface area contributed by atoms with Crippen molar-refractivity contribution < 1.29 is 9.53 Å². The van der Waals surface area contributed by atoms with Crippen LogP contribution in [0.4, 0.5) is 0 Å². The van der Waals surface area contributed by atoms with Crippen LogP contribution in [0.2, 0.25) is 0 Å². The number of unbranched alkanes of at least 4 members (excludes halogenated alkanes) is 4. The van der Waals surface area contributed by atoms with E-state index in [0.717, 1.165) is 50.9 Å². The maximum atomic E-state index is 12.5. The Morgan fingerprint density at radius 3 is 2.22 bits per heavy atom. The molecule has 0 saturated heterocycles. The number of ether oxygens (including phenoxy) is 1. The summed E-state index contributed by atoms with van der Waals surface area (Å²) in [5.41, 5.74) is -0.159. The molecule has 0 heterocycles. The lowest BCUT2D eigenvalue weighted by molar-refractivity contribution is -0.158.